The second kappa shape index (κ2) is 7.83. The smallest absolute Gasteiger partial charge is 0.133 e. The fraction of sp³-hybridized carbons (Fsp3) is 0.455. The van der Waals surface area contributed by atoms with Crippen LogP contribution in [0.15, 0.2) is 42.5 Å². The van der Waals surface area contributed by atoms with Crippen LogP contribution in [0.3, 0.4) is 0 Å². The summed E-state index contributed by atoms with van der Waals surface area (Å²) in [7, 11) is 0. The van der Waals surface area contributed by atoms with Crippen LogP contribution in [0, 0.1) is 11.7 Å². The summed E-state index contributed by atoms with van der Waals surface area (Å²) in [6.45, 7) is 5.00. The monoisotopic (exact) mass is 326 g/mol. The van der Waals surface area contributed by atoms with Gasteiger partial charge in [0.1, 0.15) is 11.6 Å². The number of rotatable bonds is 5. The SMILES string of the molecule is CCCOc1c(-c2ccccc2)ccc(F)c1C1CCC(C)CC1. The molecule has 0 saturated heterocycles. The fourth-order valence-electron chi connectivity index (χ4n) is 3.71. The first-order chi connectivity index (χ1) is 11.7. The zero-order valence-electron chi connectivity index (χ0n) is 14.7. The average Bonchev–Trinajstić information content (AvgIpc) is 2.62. The van der Waals surface area contributed by atoms with Gasteiger partial charge in [-0.15, -0.1) is 0 Å². The molecule has 1 aliphatic carbocycles. The van der Waals surface area contributed by atoms with E-state index in [9.17, 15) is 4.39 Å². The topological polar surface area (TPSA) is 9.23 Å². The summed E-state index contributed by atoms with van der Waals surface area (Å²) in [5.74, 6) is 1.68. The Morgan fingerprint density at radius 1 is 1.00 bits per heavy atom. The van der Waals surface area contributed by atoms with Crippen molar-refractivity contribution in [2.24, 2.45) is 5.92 Å². The molecule has 1 nitrogen and oxygen atoms in total. The summed E-state index contributed by atoms with van der Waals surface area (Å²) >= 11 is 0. The van der Waals surface area contributed by atoms with Crippen LogP contribution in [0.25, 0.3) is 11.1 Å². The van der Waals surface area contributed by atoms with E-state index in [1.54, 1.807) is 6.07 Å². The molecule has 0 spiro atoms. The Morgan fingerprint density at radius 2 is 1.71 bits per heavy atom. The Hall–Kier alpha value is -1.83. The number of hydrogen-bond acceptors (Lipinski definition) is 1. The third-order valence-electron chi connectivity index (χ3n) is 5.10. The van der Waals surface area contributed by atoms with E-state index >= 15 is 0 Å². The molecule has 0 aromatic heterocycles. The largest absolute Gasteiger partial charge is 0.493 e. The standard InChI is InChI=1S/C22H27FO/c1-3-15-24-22-19(17-7-5-4-6-8-17)13-14-20(23)21(22)18-11-9-16(2)10-12-18/h4-8,13-14,16,18H,3,9-12,15H2,1-2H3. The van der Waals surface area contributed by atoms with E-state index in [4.69, 9.17) is 4.74 Å². The minimum absolute atomic E-state index is 0.111. The number of benzene rings is 2. The Labute approximate surface area is 144 Å². The van der Waals surface area contributed by atoms with Gasteiger partial charge in [-0.05, 0) is 48.8 Å². The molecule has 2 aromatic carbocycles. The van der Waals surface area contributed by atoms with Crippen LogP contribution in [0.1, 0.15) is 57.4 Å². The van der Waals surface area contributed by atoms with Gasteiger partial charge in [0.15, 0.2) is 0 Å². The molecule has 128 valence electrons. The van der Waals surface area contributed by atoms with E-state index in [2.05, 4.69) is 26.0 Å². The van der Waals surface area contributed by atoms with Crippen molar-refractivity contribution in [1.82, 2.24) is 0 Å². The molecule has 0 radical (unpaired) electrons. The van der Waals surface area contributed by atoms with E-state index in [0.29, 0.717) is 6.61 Å². The van der Waals surface area contributed by atoms with Gasteiger partial charge < -0.3 is 4.74 Å². The van der Waals surface area contributed by atoms with Crippen LogP contribution in [0.5, 0.6) is 5.75 Å². The maximum absolute atomic E-state index is 14.8. The van der Waals surface area contributed by atoms with Crippen molar-refractivity contribution in [2.45, 2.75) is 51.9 Å². The van der Waals surface area contributed by atoms with Crippen LogP contribution in [0.2, 0.25) is 0 Å². The van der Waals surface area contributed by atoms with E-state index < -0.39 is 0 Å². The maximum Gasteiger partial charge on any atom is 0.133 e. The number of hydrogen-bond donors (Lipinski definition) is 0. The van der Waals surface area contributed by atoms with Gasteiger partial charge in [-0.2, -0.15) is 0 Å². The number of halogens is 1. The summed E-state index contributed by atoms with van der Waals surface area (Å²) in [6.07, 6.45) is 5.38. The lowest BCUT2D eigenvalue weighted by molar-refractivity contribution is 0.296. The molecule has 3 rings (SSSR count). The molecule has 0 unspecified atom stereocenters. The molecule has 0 heterocycles. The minimum Gasteiger partial charge on any atom is -0.493 e. The zero-order valence-corrected chi connectivity index (χ0v) is 14.7. The summed E-state index contributed by atoms with van der Waals surface area (Å²) in [5, 5.41) is 0. The van der Waals surface area contributed by atoms with E-state index in [0.717, 1.165) is 47.6 Å². The molecule has 2 heteroatoms. The Bertz CT molecular complexity index is 657. The molecule has 0 atom stereocenters. The Morgan fingerprint density at radius 3 is 2.38 bits per heavy atom. The van der Waals surface area contributed by atoms with Crippen molar-refractivity contribution in [3.63, 3.8) is 0 Å². The van der Waals surface area contributed by atoms with Crippen molar-refractivity contribution in [1.29, 1.82) is 0 Å². The van der Waals surface area contributed by atoms with E-state index in [1.807, 2.05) is 24.3 Å². The van der Waals surface area contributed by atoms with Gasteiger partial charge in [-0.1, -0.05) is 57.0 Å². The molecule has 1 saturated carbocycles. The third-order valence-corrected chi connectivity index (χ3v) is 5.10. The van der Waals surface area contributed by atoms with Crippen molar-refractivity contribution in [3.8, 4) is 16.9 Å². The molecule has 1 fully saturated rings. The first kappa shape index (κ1) is 17.0. The fourth-order valence-corrected chi connectivity index (χ4v) is 3.71. The second-order valence-corrected chi connectivity index (χ2v) is 7.01. The zero-order chi connectivity index (χ0) is 16.9. The summed E-state index contributed by atoms with van der Waals surface area (Å²) in [4.78, 5) is 0. The molecular weight excluding hydrogens is 299 g/mol. The van der Waals surface area contributed by atoms with Gasteiger partial charge in [0.2, 0.25) is 0 Å². The lowest BCUT2D eigenvalue weighted by Crippen LogP contribution is -2.14. The Kier molecular flexibility index (Phi) is 5.55. The lowest BCUT2D eigenvalue weighted by atomic mass is 9.78. The molecule has 1 aliphatic rings. The van der Waals surface area contributed by atoms with Gasteiger partial charge in [0, 0.05) is 11.1 Å². The predicted molar refractivity (Wildman–Crippen MR) is 98.0 cm³/mol. The van der Waals surface area contributed by atoms with Crippen molar-refractivity contribution < 1.29 is 9.13 Å². The predicted octanol–water partition coefficient (Wildman–Crippen LogP) is 6.58. The first-order valence-electron chi connectivity index (χ1n) is 9.21. The summed E-state index contributed by atoms with van der Waals surface area (Å²) in [6, 6.07) is 13.7. The summed E-state index contributed by atoms with van der Waals surface area (Å²) in [5.41, 5.74) is 2.91. The van der Waals surface area contributed by atoms with Crippen LogP contribution in [-0.2, 0) is 0 Å². The van der Waals surface area contributed by atoms with Crippen LogP contribution < -0.4 is 4.74 Å². The van der Waals surface area contributed by atoms with Gasteiger partial charge >= 0.3 is 0 Å². The molecule has 0 amide bonds. The van der Waals surface area contributed by atoms with Crippen LogP contribution >= 0.6 is 0 Å². The molecule has 0 N–H and O–H groups in total. The molecule has 24 heavy (non-hydrogen) atoms. The van der Waals surface area contributed by atoms with Crippen molar-refractivity contribution in [2.75, 3.05) is 6.61 Å². The number of ether oxygens (including phenoxy) is 1. The van der Waals surface area contributed by atoms with Gasteiger partial charge in [-0.3, -0.25) is 0 Å². The highest BCUT2D eigenvalue weighted by Gasteiger charge is 2.27. The van der Waals surface area contributed by atoms with Crippen LogP contribution in [-0.4, -0.2) is 6.61 Å². The van der Waals surface area contributed by atoms with Crippen LogP contribution in [0.4, 0.5) is 4.39 Å². The van der Waals surface area contributed by atoms with Crippen molar-refractivity contribution >= 4 is 0 Å². The highest BCUT2D eigenvalue weighted by Crippen LogP contribution is 2.44. The minimum atomic E-state index is -0.111. The normalized spacial score (nSPS) is 20.8. The van der Waals surface area contributed by atoms with Gasteiger partial charge in [0.25, 0.3) is 0 Å². The molecule has 0 aliphatic heterocycles. The highest BCUT2D eigenvalue weighted by molar-refractivity contribution is 5.72. The van der Waals surface area contributed by atoms with Crippen molar-refractivity contribution in [3.05, 3.63) is 53.8 Å². The maximum atomic E-state index is 14.8. The average molecular weight is 326 g/mol. The molecule has 0 bridgehead atoms. The third kappa shape index (κ3) is 3.63. The van der Waals surface area contributed by atoms with Gasteiger partial charge in [-0.25, -0.2) is 4.39 Å². The second-order valence-electron chi connectivity index (χ2n) is 7.01. The highest BCUT2D eigenvalue weighted by atomic mass is 19.1. The van der Waals surface area contributed by atoms with E-state index in [-0.39, 0.29) is 11.7 Å². The Balaban J connectivity index is 2.05. The molecule has 2 aromatic rings. The van der Waals surface area contributed by atoms with E-state index in [1.165, 1.54) is 12.8 Å². The van der Waals surface area contributed by atoms with Gasteiger partial charge in [0.05, 0.1) is 6.61 Å². The lowest BCUT2D eigenvalue weighted by Gasteiger charge is -2.29. The summed E-state index contributed by atoms with van der Waals surface area (Å²) < 4.78 is 20.9. The quantitative estimate of drug-likeness (QED) is 0.603. The first-order valence-corrected chi connectivity index (χ1v) is 9.21. The molecular formula is C22H27FO.